The van der Waals surface area contributed by atoms with Crippen molar-refractivity contribution in [2.45, 2.75) is 6.92 Å². The Balaban J connectivity index is 1.33. The van der Waals surface area contributed by atoms with E-state index >= 15 is 0 Å². The predicted octanol–water partition coefficient (Wildman–Crippen LogP) is 3.67. The van der Waals surface area contributed by atoms with Crippen molar-refractivity contribution in [1.29, 1.82) is 0 Å². The van der Waals surface area contributed by atoms with Crippen molar-refractivity contribution in [1.82, 2.24) is 15.2 Å². The lowest BCUT2D eigenvalue weighted by Crippen LogP contribution is -2.25. The van der Waals surface area contributed by atoms with Crippen molar-refractivity contribution in [3.63, 3.8) is 0 Å². The number of aryl methyl sites for hydroxylation is 1. The maximum Gasteiger partial charge on any atom is 0.280 e. The van der Waals surface area contributed by atoms with Crippen LogP contribution < -0.4 is 15.7 Å². The topological polar surface area (TPSA) is 88.5 Å². The lowest BCUT2D eigenvalue weighted by Gasteiger charge is -2.06. The molecule has 7 nitrogen and oxygen atoms in total. The molecule has 0 radical (unpaired) electrons. The summed E-state index contributed by atoms with van der Waals surface area (Å²) in [4.78, 5) is 24.7. The van der Waals surface area contributed by atoms with Crippen LogP contribution in [-0.2, 0) is 4.79 Å². The largest absolute Gasteiger partial charge is 0.484 e. The van der Waals surface area contributed by atoms with Crippen LogP contribution in [0.3, 0.4) is 0 Å². The van der Waals surface area contributed by atoms with E-state index in [1.165, 1.54) is 10.9 Å². The molecule has 2 N–H and O–H groups in total. The highest BCUT2D eigenvalue weighted by molar-refractivity contribution is 5.83. The number of rotatable bonds is 7. The minimum atomic E-state index is -0.426. The number of nitrogens with one attached hydrogen (secondary N) is 2. The Hall–Kier alpha value is -4.39. The molecule has 0 unspecified atom stereocenters. The predicted molar refractivity (Wildman–Crippen MR) is 124 cm³/mol. The van der Waals surface area contributed by atoms with E-state index in [2.05, 4.69) is 15.6 Å². The second-order valence-electron chi connectivity index (χ2n) is 7.10. The zero-order valence-electron chi connectivity index (χ0n) is 17.5. The molecule has 0 spiro atoms. The number of H-pyrrole nitrogens is 1. The number of aromatic amines is 1. The molecule has 0 aliphatic heterocycles. The lowest BCUT2D eigenvalue weighted by atomic mass is 10.1. The standard InChI is InChI=1S/C25H22N4O3/c1-18-23(25(31)29(28-18)21-10-6-3-7-11-21)16-26-27-24(30)17-32-22-14-12-20(13-15-22)19-8-4-2-5-9-19/h2-16,28H,17H2,1H3,(H,27,30)/b26-16-. The average molecular weight is 426 g/mol. The number of ether oxygens (including phenoxy) is 1. The van der Waals surface area contributed by atoms with E-state index in [-0.39, 0.29) is 12.2 Å². The van der Waals surface area contributed by atoms with Crippen LogP contribution in [0.25, 0.3) is 16.8 Å². The number of carbonyl (C=O) groups excluding carboxylic acids is 1. The van der Waals surface area contributed by atoms with Gasteiger partial charge in [-0.2, -0.15) is 5.10 Å². The first-order valence-corrected chi connectivity index (χ1v) is 10.1. The summed E-state index contributed by atoms with van der Waals surface area (Å²) < 4.78 is 6.94. The molecule has 0 atom stereocenters. The zero-order chi connectivity index (χ0) is 22.3. The summed E-state index contributed by atoms with van der Waals surface area (Å²) in [5, 5.41) is 6.90. The summed E-state index contributed by atoms with van der Waals surface area (Å²) in [6.45, 7) is 1.58. The average Bonchev–Trinajstić information content (AvgIpc) is 3.12. The Morgan fingerprint density at radius 1 is 0.969 bits per heavy atom. The van der Waals surface area contributed by atoms with Gasteiger partial charge in [0.25, 0.3) is 11.5 Å². The van der Waals surface area contributed by atoms with Gasteiger partial charge in [0.1, 0.15) is 5.75 Å². The van der Waals surface area contributed by atoms with Gasteiger partial charge in [0, 0.05) is 5.69 Å². The van der Waals surface area contributed by atoms with Crippen molar-refractivity contribution in [2.75, 3.05) is 6.61 Å². The van der Waals surface area contributed by atoms with Gasteiger partial charge < -0.3 is 4.74 Å². The number of para-hydroxylation sites is 1. The smallest absolute Gasteiger partial charge is 0.280 e. The highest BCUT2D eigenvalue weighted by atomic mass is 16.5. The Labute approximate surface area is 185 Å². The Bertz CT molecular complexity index is 1270. The third-order valence-corrected chi connectivity index (χ3v) is 4.85. The molecule has 0 fully saturated rings. The second kappa shape index (κ2) is 9.61. The van der Waals surface area contributed by atoms with Gasteiger partial charge in [0.15, 0.2) is 6.61 Å². The quantitative estimate of drug-likeness (QED) is 0.349. The van der Waals surface area contributed by atoms with E-state index in [1.54, 1.807) is 6.92 Å². The van der Waals surface area contributed by atoms with E-state index in [0.717, 1.165) is 16.8 Å². The third-order valence-electron chi connectivity index (χ3n) is 4.85. The van der Waals surface area contributed by atoms with Gasteiger partial charge in [-0.3, -0.25) is 14.7 Å². The highest BCUT2D eigenvalue weighted by Gasteiger charge is 2.10. The van der Waals surface area contributed by atoms with Crippen LogP contribution in [0, 0.1) is 6.92 Å². The monoisotopic (exact) mass is 426 g/mol. The molecule has 0 bridgehead atoms. The van der Waals surface area contributed by atoms with Crippen LogP contribution in [0.4, 0.5) is 0 Å². The van der Waals surface area contributed by atoms with Crippen molar-refractivity contribution in [3.8, 4) is 22.6 Å². The van der Waals surface area contributed by atoms with Gasteiger partial charge in [0.2, 0.25) is 0 Å². The Morgan fingerprint density at radius 3 is 2.28 bits per heavy atom. The summed E-state index contributed by atoms with van der Waals surface area (Å²) in [6.07, 6.45) is 1.33. The molecule has 1 aromatic heterocycles. The SMILES string of the molecule is Cc1[nH]n(-c2ccccc2)c(=O)c1/C=N\NC(=O)COc1ccc(-c2ccccc2)cc1. The molecule has 32 heavy (non-hydrogen) atoms. The summed E-state index contributed by atoms with van der Waals surface area (Å²) in [5.41, 5.74) is 6.04. The number of hydrogen-bond donors (Lipinski definition) is 2. The van der Waals surface area contributed by atoms with Crippen LogP contribution in [-0.4, -0.2) is 28.5 Å². The summed E-state index contributed by atoms with van der Waals surface area (Å²) in [5.74, 6) is 0.154. The van der Waals surface area contributed by atoms with Crippen LogP contribution >= 0.6 is 0 Å². The number of hydrazone groups is 1. The normalized spacial score (nSPS) is 10.9. The van der Waals surface area contributed by atoms with Crippen LogP contribution in [0.5, 0.6) is 5.75 Å². The molecule has 1 heterocycles. The Kier molecular flexibility index (Phi) is 6.27. The van der Waals surface area contributed by atoms with Crippen molar-refractivity contribution in [3.05, 3.63) is 107 Å². The molecule has 0 aliphatic carbocycles. The van der Waals surface area contributed by atoms with Gasteiger partial charge in [-0.25, -0.2) is 10.1 Å². The van der Waals surface area contributed by atoms with E-state index < -0.39 is 5.91 Å². The first kappa shape index (κ1) is 20.9. The fourth-order valence-corrected chi connectivity index (χ4v) is 3.19. The molecule has 0 saturated carbocycles. The number of hydrogen-bond acceptors (Lipinski definition) is 4. The Morgan fingerprint density at radius 2 is 1.59 bits per heavy atom. The summed E-state index contributed by atoms with van der Waals surface area (Å²) >= 11 is 0. The van der Waals surface area contributed by atoms with Gasteiger partial charge >= 0.3 is 0 Å². The molecule has 0 saturated heterocycles. The van der Waals surface area contributed by atoms with Crippen molar-refractivity contribution >= 4 is 12.1 Å². The van der Waals surface area contributed by atoms with Gasteiger partial charge in [-0.1, -0.05) is 60.7 Å². The number of carbonyl (C=O) groups is 1. The molecule has 1 amide bonds. The fraction of sp³-hybridized carbons (Fsp3) is 0.0800. The number of amides is 1. The molecule has 4 rings (SSSR count). The van der Waals surface area contributed by atoms with E-state index in [4.69, 9.17) is 4.74 Å². The first-order valence-electron chi connectivity index (χ1n) is 10.1. The van der Waals surface area contributed by atoms with Crippen LogP contribution in [0.2, 0.25) is 0 Å². The zero-order valence-corrected chi connectivity index (χ0v) is 17.5. The molecule has 160 valence electrons. The van der Waals surface area contributed by atoms with E-state index in [0.29, 0.717) is 17.0 Å². The van der Waals surface area contributed by atoms with Gasteiger partial charge in [0.05, 0.1) is 17.5 Å². The van der Waals surface area contributed by atoms with Crippen LogP contribution in [0.15, 0.2) is 94.8 Å². The second-order valence-corrected chi connectivity index (χ2v) is 7.10. The van der Waals surface area contributed by atoms with Crippen molar-refractivity contribution in [2.24, 2.45) is 5.10 Å². The van der Waals surface area contributed by atoms with Gasteiger partial charge in [-0.15, -0.1) is 0 Å². The van der Waals surface area contributed by atoms with Gasteiger partial charge in [-0.05, 0) is 42.3 Å². The minimum Gasteiger partial charge on any atom is -0.484 e. The molecule has 7 heteroatoms. The number of aromatic nitrogens is 2. The van der Waals surface area contributed by atoms with E-state index in [1.807, 2.05) is 84.9 Å². The molecule has 0 aliphatic rings. The summed E-state index contributed by atoms with van der Waals surface area (Å²) in [7, 11) is 0. The fourth-order valence-electron chi connectivity index (χ4n) is 3.19. The number of nitrogens with zero attached hydrogens (tertiary/aromatic N) is 2. The van der Waals surface area contributed by atoms with Crippen molar-refractivity contribution < 1.29 is 9.53 Å². The minimum absolute atomic E-state index is 0.192. The summed E-state index contributed by atoms with van der Waals surface area (Å²) in [6, 6.07) is 26.7. The first-order chi connectivity index (χ1) is 15.6. The number of benzene rings is 3. The van der Waals surface area contributed by atoms with Crippen LogP contribution in [0.1, 0.15) is 11.3 Å². The van der Waals surface area contributed by atoms with E-state index in [9.17, 15) is 9.59 Å². The maximum atomic E-state index is 12.6. The third kappa shape index (κ3) is 4.84. The molecule has 3 aromatic carbocycles. The maximum absolute atomic E-state index is 12.6. The molecule has 4 aromatic rings. The lowest BCUT2D eigenvalue weighted by molar-refractivity contribution is -0.123. The molecular formula is C25H22N4O3. The highest BCUT2D eigenvalue weighted by Crippen LogP contribution is 2.21. The molecular weight excluding hydrogens is 404 g/mol.